The van der Waals surface area contributed by atoms with E-state index < -0.39 is 0 Å². The Bertz CT molecular complexity index is 514. The number of nitrogens with zero attached hydrogens (tertiary/aromatic N) is 2. The molecule has 0 radical (unpaired) electrons. The van der Waals surface area contributed by atoms with E-state index in [4.69, 9.17) is 5.73 Å². The molecule has 1 heterocycles. The normalized spacial score (nSPS) is 10.8. The standard InChI is InChI=1S/C13H16FN3/c1-3-4-11-12(13(15)17(2)16-11)9-5-7-10(14)8-6-9/h5-8H,3-4,15H2,1-2H3. The van der Waals surface area contributed by atoms with Gasteiger partial charge in [0.15, 0.2) is 0 Å². The predicted octanol–water partition coefficient (Wildman–Crippen LogP) is 2.76. The zero-order chi connectivity index (χ0) is 12.4. The molecule has 0 amide bonds. The molecular formula is C13H16FN3. The van der Waals surface area contributed by atoms with Crippen molar-refractivity contribution in [2.24, 2.45) is 7.05 Å². The van der Waals surface area contributed by atoms with Gasteiger partial charge in [-0.15, -0.1) is 0 Å². The second kappa shape index (κ2) is 4.57. The van der Waals surface area contributed by atoms with Crippen molar-refractivity contribution < 1.29 is 4.39 Å². The molecular weight excluding hydrogens is 217 g/mol. The molecule has 3 nitrogen and oxygen atoms in total. The van der Waals surface area contributed by atoms with Gasteiger partial charge < -0.3 is 5.73 Å². The molecule has 0 spiro atoms. The first-order valence-corrected chi connectivity index (χ1v) is 5.70. The minimum absolute atomic E-state index is 0.242. The Labute approximate surface area is 100 Å². The molecule has 0 fully saturated rings. The lowest BCUT2D eigenvalue weighted by molar-refractivity contribution is 0.628. The van der Waals surface area contributed by atoms with Crippen molar-refractivity contribution in [3.8, 4) is 11.1 Å². The number of hydrogen-bond donors (Lipinski definition) is 1. The highest BCUT2D eigenvalue weighted by atomic mass is 19.1. The topological polar surface area (TPSA) is 43.8 Å². The van der Waals surface area contributed by atoms with Crippen LogP contribution in [0.4, 0.5) is 10.2 Å². The summed E-state index contributed by atoms with van der Waals surface area (Å²) in [6.45, 7) is 2.10. The smallest absolute Gasteiger partial charge is 0.129 e. The van der Waals surface area contributed by atoms with Gasteiger partial charge in [0.05, 0.1) is 5.69 Å². The van der Waals surface area contributed by atoms with Gasteiger partial charge in [0.2, 0.25) is 0 Å². The Balaban J connectivity index is 2.53. The molecule has 0 aliphatic rings. The van der Waals surface area contributed by atoms with E-state index in [9.17, 15) is 4.39 Å². The van der Waals surface area contributed by atoms with Crippen LogP contribution >= 0.6 is 0 Å². The lowest BCUT2D eigenvalue weighted by Crippen LogP contribution is -1.98. The van der Waals surface area contributed by atoms with Crippen molar-refractivity contribution >= 4 is 5.82 Å². The van der Waals surface area contributed by atoms with Crippen molar-refractivity contribution in [3.05, 3.63) is 35.8 Å². The average molecular weight is 233 g/mol. The van der Waals surface area contributed by atoms with Gasteiger partial charge in [0, 0.05) is 12.6 Å². The molecule has 0 unspecified atom stereocenters. The first-order chi connectivity index (χ1) is 8.13. The average Bonchev–Trinajstić information content (AvgIpc) is 2.57. The Morgan fingerprint density at radius 1 is 1.29 bits per heavy atom. The van der Waals surface area contributed by atoms with Crippen molar-refractivity contribution in [2.45, 2.75) is 19.8 Å². The summed E-state index contributed by atoms with van der Waals surface area (Å²) in [5, 5.41) is 4.40. The first kappa shape index (κ1) is 11.6. The van der Waals surface area contributed by atoms with Crippen molar-refractivity contribution in [3.63, 3.8) is 0 Å². The quantitative estimate of drug-likeness (QED) is 0.885. The fourth-order valence-electron chi connectivity index (χ4n) is 1.94. The first-order valence-electron chi connectivity index (χ1n) is 5.70. The lowest BCUT2D eigenvalue weighted by atomic mass is 10.0. The summed E-state index contributed by atoms with van der Waals surface area (Å²) in [4.78, 5) is 0. The summed E-state index contributed by atoms with van der Waals surface area (Å²) in [6, 6.07) is 6.36. The number of halogens is 1. The van der Waals surface area contributed by atoms with Crippen LogP contribution in [0.25, 0.3) is 11.1 Å². The summed E-state index contributed by atoms with van der Waals surface area (Å²) in [5.74, 6) is 0.383. The Morgan fingerprint density at radius 3 is 2.53 bits per heavy atom. The second-order valence-electron chi connectivity index (χ2n) is 4.09. The molecule has 0 saturated heterocycles. The van der Waals surface area contributed by atoms with E-state index in [1.807, 2.05) is 7.05 Å². The molecule has 1 aromatic heterocycles. The van der Waals surface area contributed by atoms with Crippen LogP contribution in [-0.2, 0) is 13.5 Å². The maximum absolute atomic E-state index is 12.9. The number of aryl methyl sites for hydroxylation is 2. The molecule has 2 rings (SSSR count). The number of aromatic nitrogens is 2. The zero-order valence-electron chi connectivity index (χ0n) is 10.1. The Hall–Kier alpha value is -1.84. The van der Waals surface area contributed by atoms with Gasteiger partial charge in [0.1, 0.15) is 11.6 Å². The fourth-order valence-corrected chi connectivity index (χ4v) is 1.94. The van der Waals surface area contributed by atoms with E-state index >= 15 is 0 Å². The molecule has 0 saturated carbocycles. The third-order valence-corrected chi connectivity index (χ3v) is 2.78. The van der Waals surface area contributed by atoms with Crippen molar-refractivity contribution in [1.82, 2.24) is 9.78 Å². The number of hydrogen-bond acceptors (Lipinski definition) is 2. The number of rotatable bonds is 3. The molecule has 0 bridgehead atoms. The summed E-state index contributed by atoms with van der Waals surface area (Å²) in [7, 11) is 1.82. The van der Waals surface area contributed by atoms with Gasteiger partial charge in [-0.3, -0.25) is 4.68 Å². The van der Waals surface area contributed by atoms with Crippen LogP contribution in [0, 0.1) is 5.82 Å². The zero-order valence-corrected chi connectivity index (χ0v) is 10.1. The third kappa shape index (κ3) is 2.16. The van der Waals surface area contributed by atoms with Gasteiger partial charge in [0.25, 0.3) is 0 Å². The minimum Gasteiger partial charge on any atom is -0.383 e. The number of nitrogen functional groups attached to an aromatic ring is 1. The molecule has 0 aliphatic heterocycles. The highest BCUT2D eigenvalue weighted by Gasteiger charge is 2.14. The monoisotopic (exact) mass is 233 g/mol. The minimum atomic E-state index is -0.242. The van der Waals surface area contributed by atoms with Gasteiger partial charge in [-0.25, -0.2) is 4.39 Å². The summed E-state index contributed by atoms with van der Waals surface area (Å²) in [6.07, 6.45) is 1.88. The number of anilines is 1. The second-order valence-corrected chi connectivity index (χ2v) is 4.09. The van der Waals surface area contributed by atoms with E-state index in [0.717, 1.165) is 29.7 Å². The third-order valence-electron chi connectivity index (χ3n) is 2.78. The van der Waals surface area contributed by atoms with Gasteiger partial charge in [-0.2, -0.15) is 5.10 Å². The molecule has 2 aromatic rings. The van der Waals surface area contributed by atoms with Crippen LogP contribution in [0.3, 0.4) is 0 Å². The van der Waals surface area contributed by atoms with Crippen molar-refractivity contribution in [2.75, 3.05) is 5.73 Å². The van der Waals surface area contributed by atoms with Crippen LogP contribution in [0.5, 0.6) is 0 Å². The molecule has 17 heavy (non-hydrogen) atoms. The highest BCUT2D eigenvalue weighted by Crippen LogP contribution is 2.30. The largest absolute Gasteiger partial charge is 0.383 e. The summed E-state index contributed by atoms with van der Waals surface area (Å²) in [5.41, 5.74) is 8.82. The maximum atomic E-state index is 12.9. The summed E-state index contributed by atoms with van der Waals surface area (Å²) >= 11 is 0. The summed E-state index contributed by atoms with van der Waals surface area (Å²) < 4.78 is 14.6. The molecule has 2 N–H and O–H groups in total. The van der Waals surface area contributed by atoms with Crippen molar-refractivity contribution in [1.29, 1.82) is 0 Å². The van der Waals surface area contributed by atoms with E-state index in [2.05, 4.69) is 12.0 Å². The molecule has 90 valence electrons. The molecule has 4 heteroatoms. The maximum Gasteiger partial charge on any atom is 0.129 e. The van der Waals surface area contributed by atoms with Gasteiger partial charge >= 0.3 is 0 Å². The fraction of sp³-hybridized carbons (Fsp3) is 0.308. The van der Waals surface area contributed by atoms with Crippen LogP contribution < -0.4 is 5.73 Å². The van der Waals surface area contributed by atoms with Crippen LogP contribution in [0.2, 0.25) is 0 Å². The van der Waals surface area contributed by atoms with Crippen LogP contribution in [-0.4, -0.2) is 9.78 Å². The van der Waals surface area contributed by atoms with E-state index in [-0.39, 0.29) is 5.82 Å². The molecule has 1 aromatic carbocycles. The van der Waals surface area contributed by atoms with E-state index in [1.54, 1.807) is 16.8 Å². The highest BCUT2D eigenvalue weighted by molar-refractivity contribution is 5.76. The Morgan fingerprint density at radius 2 is 1.94 bits per heavy atom. The van der Waals surface area contributed by atoms with Crippen LogP contribution in [0.1, 0.15) is 19.0 Å². The van der Waals surface area contributed by atoms with Gasteiger partial charge in [-0.05, 0) is 24.1 Å². The predicted molar refractivity (Wildman–Crippen MR) is 67.0 cm³/mol. The number of nitrogens with two attached hydrogens (primary N) is 1. The Kier molecular flexibility index (Phi) is 3.13. The van der Waals surface area contributed by atoms with E-state index in [0.29, 0.717) is 5.82 Å². The molecule has 0 aliphatic carbocycles. The van der Waals surface area contributed by atoms with E-state index in [1.165, 1.54) is 12.1 Å². The molecule has 0 atom stereocenters. The van der Waals surface area contributed by atoms with Crippen LogP contribution in [0.15, 0.2) is 24.3 Å². The number of benzene rings is 1. The SMILES string of the molecule is CCCc1nn(C)c(N)c1-c1ccc(F)cc1. The van der Waals surface area contributed by atoms with Gasteiger partial charge in [-0.1, -0.05) is 25.5 Å². The lowest BCUT2D eigenvalue weighted by Gasteiger charge is -2.03.